The molecular formula is C8H18NO5P. The standard InChI is InChI=1S/C8H18NO5P/c1-2-3-4-5-6-7-8-13-15(11,12)14-9-10/h2-8H2,1H3,(H,11,12). The van der Waals surface area contributed by atoms with Crippen molar-refractivity contribution in [2.24, 2.45) is 5.34 Å². The Morgan fingerprint density at radius 1 is 1.20 bits per heavy atom. The van der Waals surface area contributed by atoms with Crippen molar-refractivity contribution < 1.29 is 18.6 Å². The Morgan fingerprint density at radius 2 is 1.80 bits per heavy atom. The zero-order valence-corrected chi connectivity index (χ0v) is 9.82. The first-order chi connectivity index (χ1) is 7.12. The molecule has 7 heteroatoms. The predicted molar refractivity (Wildman–Crippen MR) is 56.0 cm³/mol. The molecule has 0 heterocycles. The summed E-state index contributed by atoms with van der Waals surface area (Å²) in [4.78, 5) is 18.3. The van der Waals surface area contributed by atoms with Gasteiger partial charge in [-0.2, -0.15) is 0 Å². The number of rotatable bonds is 10. The van der Waals surface area contributed by atoms with Gasteiger partial charge in [-0.1, -0.05) is 39.0 Å². The Labute approximate surface area is 89.5 Å². The minimum Gasteiger partial charge on any atom is -0.292 e. The van der Waals surface area contributed by atoms with Crippen molar-refractivity contribution in [3.63, 3.8) is 0 Å². The van der Waals surface area contributed by atoms with Gasteiger partial charge in [0.2, 0.25) is 0 Å². The zero-order chi connectivity index (χ0) is 11.6. The highest BCUT2D eigenvalue weighted by atomic mass is 31.2. The van der Waals surface area contributed by atoms with Crippen LogP contribution in [0.15, 0.2) is 5.34 Å². The van der Waals surface area contributed by atoms with Crippen LogP contribution in [0.4, 0.5) is 0 Å². The maximum absolute atomic E-state index is 10.8. The topological polar surface area (TPSA) is 85.2 Å². The smallest absolute Gasteiger partial charge is 0.292 e. The lowest BCUT2D eigenvalue weighted by molar-refractivity contribution is 0.149. The van der Waals surface area contributed by atoms with Crippen LogP contribution in [0.1, 0.15) is 45.4 Å². The lowest BCUT2D eigenvalue weighted by Gasteiger charge is -2.06. The first-order valence-electron chi connectivity index (χ1n) is 5.11. The van der Waals surface area contributed by atoms with Gasteiger partial charge >= 0.3 is 7.82 Å². The average molecular weight is 239 g/mol. The molecule has 0 aromatic carbocycles. The van der Waals surface area contributed by atoms with Crippen LogP contribution in [0.3, 0.4) is 0 Å². The molecule has 1 N–H and O–H groups in total. The van der Waals surface area contributed by atoms with E-state index in [1.807, 2.05) is 5.34 Å². The fraction of sp³-hybridized carbons (Fsp3) is 1.00. The maximum atomic E-state index is 10.8. The lowest BCUT2D eigenvalue weighted by Crippen LogP contribution is -1.94. The van der Waals surface area contributed by atoms with Gasteiger partial charge in [-0.3, -0.25) is 14.0 Å². The van der Waals surface area contributed by atoms with Crippen LogP contribution in [0.5, 0.6) is 0 Å². The van der Waals surface area contributed by atoms with Gasteiger partial charge in [0.1, 0.15) is 0 Å². The van der Waals surface area contributed by atoms with Gasteiger partial charge in [-0.15, -0.1) is 4.91 Å². The Morgan fingerprint density at radius 3 is 2.40 bits per heavy atom. The fourth-order valence-corrected chi connectivity index (χ4v) is 1.62. The first-order valence-corrected chi connectivity index (χ1v) is 6.60. The van der Waals surface area contributed by atoms with E-state index in [0.29, 0.717) is 6.42 Å². The second-order valence-electron chi connectivity index (χ2n) is 3.23. The molecule has 1 unspecified atom stereocenters. The summed E-state index contributed by atoms with van der Waals surface area (Å²) >= 11 is 0. The number of hydrogen-bond donors (Lipinski definition) is 1. The SMILES string of the molecule is CCCCCCCCOP(=O)(O)ON=O. The molecule has 15 heavy (non-hydrogen) atoms. The Bertz CT molecular complexity index is 211. The summed E-state index contributed by atoms with van der Waals surface area (Å²) < 4.78 is 18.9. The molecule has 0 aliphatic carbocycles. The molecule has 6 nitrogen and oxygen atoms in total. The quantitative estimate of drug-likeness (QED) is 0.274. The molecule has 1 atom stereocenters. The third kappa shape index (κ3) is 9.85. The first kappa shape index (κ1) is 14.6. The summed E-state index contributed by atoms with van der Waals surface area (Å²) in [6, 6.07) is 0. The predicted octanol–water partition coefficient (Wildman–Crippen LogP) is 3.16. The molecule has 0 radical (unpaired) electrons. The van der Waals surface area contributed by atoms with Crippen LogP contribution in [0, 0.1) is 4.91 Å². The van der Waals surface area contributed by atoms with Crippen LogP contribution >= 0.6 is 7.82 Å². The van der Waals surface area contributed by atoms with Crippen LogP contribution in [0.25, 0.3) is 0 Å². The normalized spacial score (nSPS) is 14.5. The van der Waals surface area contributed by atoms with E-state index in [1.54, 1.807) is 0 Å². The van der Waals surface area contributed by atoms with Crippen molar-refractivity contribution in [3.05, 3.63) is 4.91 Å². The van der Waals surface area contributed by atoms with Crippen molar-refractivity contribution >= 4 is 7.82 Å². The summed E-state index contributed by atoms with van der Waals surface area (Å²) in [5, 5.41) is 1.86. The van der Waals surface area contributed by atoms with Gasteiger partial charge in [0.05, 0.1) is 6.61 Å². The molecule has 0 amide bonds. The Kier molecular flexibility index (Phi) is 8.56. The van der Waals surface area contributed by atoms with Gasteiger partial charge < -0.3 is 0 Å². The molecule has 0 spiro atoms. The third-order valence-corrected chi connectivity index (χ3v) is 2.67. The van der Waals surface area contributed by atoms with Crippen LogP contribution in [0.2, 0.25) is 0 Å². The van der Waals surface area contributed by atoms with Gasteiger partial charge in [0.15, 0.2) is 5.34 Å². The summed E-state index contributed by atoms with van der Waals surface area (Å²) in [5.41, 5.74) is 0. The Balaban J connectivity index is 3.30. The molecule has 0 saturated carbocycles. The molecule has 0 aromatic rings. The molecule has 0 aliphatic heterocycles. The van der Waals surface area contributed by atoms with E-state index in [4.69, 9.17) is 4.89 Å². The molecule has 0 aromatic heterocycles. The number of phosphoric ester groups is 1. The summed E-state index contributed by atoms with van der Waals surface area (Å²) in [6.07, 6.45) is 6.25. The zero-order valence-electron chi connectivity index (χ0n) is 8.92. The Hall–Kier alpha value is -0.450. The molecule has 0 aliphatic rings. The lowest BCUT2D eigenvalue weighted by atomic mass is 10.1. The molecule has 0 fully saturated rings. The summed E-state index contributed by atoms with van der Waals surface area (Å²) in [7, 11) is -4.23. The molecule has 0 saturated heterocycles. The van der Waals surface area contributed by atoms with E-state index in [9.17, 15) is 9.47 Å². The van der Waals surface area contributed by atoms with E-state index in [2.05, 4.69) is 16.1 Å². The van der Waals surface area contributed by atoms with E-state index >= 15 is 0 Å². The van der Waals surface area contributed by atoms with Crippen molar-refractivity contribution in [2.75, 3.05) is 6.61 Å². The largest absolute Gasteiger partial charge is 0.550 e. The van der Waals surface area contributed by atoms with E-state index in [0.717, 1.165) is 12.8 Å². The van der Waals surface area contributed by atoms with Gasteiger partial charge in [0.25, 0.3) is 0 Å². The number of hydrogen-bond acceptors (Lipinski definition) is 5. The summed E-state index contributed by atoms with van der Waals surface area (Å²) in [6.45, 7) is 2.24. The van der Waals surface area contributed by atoms with Crippen LogP contribution in [-0.4, -0.2) is 11.5 Å². The number of phosphoric acid groups is 1. The second-order valence-corrected chi connectivity index (χ2v) is 4.58. The third-order valence-electron chi connectivity index (χ3n) is 1.89. The highest BCUT2D eigenvalue weighted by Gasteiger charge is 2.22. The second kappa shape index (κ2) is 8.83. The van der Waals surface area contributed by atoms with Crippen molar-refractivity contribution in [2.45, 2.75) is 45.4 Å². The summed E-state index contributed by atoms with van der Waals surface area (Å²) in [5.74, 6) is 0. The van der Waals surface area contributed by atoms with E-state index in [-0.39, 0.29) is 6.61 Å². The molecule has 0 bridgehead atoms. The van der Waals surface area contributed by atoms with Crippen molar-refractivity contribution in [3.8, 4) is 0 Å². The molecular weight excluding hydrogens is 221 g/mol. The van der Waals surface area contributed by atoms with Crippen molar-refractivity contribution in [1.29, 1.82) is 0 Å². The highest BCUT2D eigenvalue weighted by Crippen LogP contribution is 2.43. The van der Waals surface area contributed by atoms with Crippen LogP contribution < -0.4 is 0 Å². The minimum absolute atomic E-state index is 0.107. The van der Waals surface area contributed by atoms with Crippen LogP contribution in [-0.2, 0) is 13.7 Å². The van der Waals surface area contributed by atoms with Gasteiger partial charge in [-0.05, 0) is 6.42 Å². The number of nitrogens with zero attached hydrogens (tertiary/aromatic N) is 1. The van der Waals surface area contributed by atoms with Crippen molar-refractivity contribution in [1.82, 2.24) is 0 Å². The average Bonchev–Trinajstić information content (AvgIpc) is 2.16. The fourth-order valence-electron chi connectivity index (χ4n) is 1.13. The number of unbranched alkanes of at least 4 members (excludes halogenated alkanes) is 5. The molecule has 90 valence electrons. The molecule has 0 rings (SSSR count). The monoisotopic (exact) mass is 239 g/mol. The highest BCUT2D eigenvalue weighted by molar-refractivity contribution is 7.47. The van der Waals surface area contributed by atoms with E-state index < -0.39 is 7.82 Å². The van der Waals surface area contributed by atoms with E-state index in [1.165, 1.54) is 19.3 Å². The maximum Gasteiger partial charge on any atom is 0.550 e. The van der Waals surface area contributed by atoms with Gasteiger partial charge in [0, 0.05) is 0 Å². The van der Waals surface area contributed by atoms with Gasteiger partial charge in [-0.25, -0.2) is 4.57 Å². The minimum atomic E-state index is -4.23.